The molecule has 1 fully saturated rings. The fourth-order valence-corrected chi connectivity index (χ4v) is 3.40. The second-order valence-electron chi connectivity index (χ2n) is 6.29. The van der Waals surface area contributed by atoms with Crippen LogP contribution in [0.5, 0.6) is 0 Å². The number of rotatable bonds is 5. The summed E-state index contributed by atoms with van der Waals surface area (Å²) in [6.45, 7) is 2.86. The predicted molar refractivity (Wildman–Crippen MR) is 107 cm³/mol. The molecule has 1 aromatic heterocycles. The SMILES string of the molecule is Cc1cc(Nc2ncc(Cl)c(NC3COCCC3C#N)n2)cc(CO)c1Br. The summed E-state index contributed by atoms with van der Waals surface area (Å²) in [6.07, 6.45) is 2.17. The number of aliphatic hydroxyl groups excluding tert-OH is 1. The molecule has 3 rings (SSSR count). The van der Waals surface area contributed by atoms with Crippen LogP contribution in [-0.4, -0.2) is 34.3 Å². The van der Waals surface area contributed by atoms with E-state index < -0.39 is 0 Å². The Morgan fingerprint density at radius 2 is 2.30 bits per heavy atom. The van der Waals surface area contributed by atoms with Crippen molar-refractivity contribution in [1.82, 2.24) is 9.97 Å². The van der Waals surface area contributed by atoms with E-state index in [9.17, 15) is 10.4 Å². The van der Waals surface area contributed by atoms with Gasteiger partial charge in [-0.05, 0) is 36.6 Å². The molecule has 1 aromatic carbocycles. The van der Waals surface area contributed by atoms with Crippen molar-refractivity contribution < 1.29 is 9.84 Å². The van der Waals surface area contributed by atoms with E-state index in [1.54, 1.807) is 0 Å². The Hall–Kier alpha value is -1.92. The maximum absolute atomic E-state index is 9.49. The van der Waals surface area contributed by atoms with Gasteiger partial charge < -0.3 is 20.5 Å². The quantitative estimate of drug-likeness (QED) is 0.634. The van der Waals surface area contributed by atoms with Gasteiger partial charge in [0.25, 0.3) is 0 Å². The molecule has 0 bridgehead atoms. The Morgan fingerprint density at radius 1 is 1.48 bits per heavy atom. The summed E-state index contributed by atoms with van der Waals surface area (Å²) in [5.41, 5.74) is 2.50. The normalized spacial score (nSPS) is 19.4. The van der Waals surface area contributed by atoms with E-state index in [1.165, 1.54) is 6.20 Å². The first-order chi connectivity index (χ1) is 13.0. The zero-order valence-electron chi connectivity index (χ0n) is 14.7. The Balaban J connectivity index is 1.81. The lowest BCUT2D eigenvalue weighted by Gasteiger charge is -2.28. The molecule has 2 atom stereocenters. The van der Waals surface area contributed by atoms with E-state index in [0.717, 1.165) is 21.3 Å². The molecule has 9 heteroatoms. The molecule has 0 amide bonds. The monoisotopic (exact) mass is 451 g/mol. The molecule has 2 heterocycles. The first-order valence-electron chi connectivity index (χ1n) is 8.45. The van der Waals surface area contributed by atoms with Gasteiger partial charge in [0, 0.05) is 16.8 Å². The molecule has 0 radical (unpaired) electrons. The van der Waals surface area contributed by atoms with Crippen LogP contribution in [0.4, 0.5) is 17.5 Å². The van der Waals surface area contributed by atoms with Crippen LogP contribution in [0.2, 0.25) is 5.02 Å². The zero-order chi connectivity index (χ0) is 19.4. The number of hydrogen-bond acceptors (Lipinski definition) is 7. The minimum absolute atomic E-state index is 0.0809. The molecule has 142 valence electrons. The van der Waals surface area contributed by atoms with Crippen LogP contribution in [0.15, 0.2) is 22.8 Å². The summed E-state index contributed by atoms with van der Waals surface area (Å²) in [4.78, 5) is 8.64. The van der Waals surface area contributed by atoms with Crippen molar-refractivity contribution in [1.29, 1.82) is 5.26 Å². The Morgan fingerprint density at radius 3 is 3.04 bits per heavy atom. The molecule has 1 aliphatic heterocycles. The van der Waals surface area contributed by atoms with Gasteiger partial charge in [0.1, 0.15) is 5.02 Å². The molecule has 1 saturated heterocycles. The highest BCUT2D eigenvalue weighted by Crippen LogP contribution is 2.29. The molecular formula is C18H19BrClN5O2. The van der Waals surface area contributed by atoms with Crippen LogP contribution in [-0.2, 0) is 11.3 Å². The van der Waals surface area contributed by atoms with Gasteiger partial charge in [-0.3, -0.25) is 0 Å². The van der Waals surface area contributed by atoms with Gasteiger partial charge in [0.15, 0.2) is 5.82 Å². The van der Waals surface area contributed by atoms with Crippen molar-refractivity contribution in [2.45, 2.75) is 26.0 Å². The van der Waals surface area contributed by atoms with E-state index >= 15 is 0 Å². The number of anilines is 3. The number of halogens is 2. The fourth-order valence-electron chi connectivity index (χ4n) is 2.90. The van der Waals surface area contributed by atoms with Gasteiger partial charge in [0.2, 0.25) is 5.95 Å². The summed E-state index contributed by atoms with van der Waals surface area (Å²) in [7, 11) is 0. The van der Waals surface area contributed by atoms with E-state index in [-0.39, 0.29) is 18.6 Å². The average molecular weight is 453 g/mol. The molecular weight excluding hydrogens is 434 g/mol. The maximum Gasteiger partial charge on any atom is 0.229 e. The molecule has 0 aliphatic carbocycles. The van der Waals surface area contributed by atoms with Crippen LogP contribution in [0.3, 0.4) is 0 Å². The van der Waals surface area contributed by atoms with Crippen LogP contribution in [0.1, 0.15) is 17.5 Å². The summed E-state index contributed by atoms with van der Waals surface area (Å²) in [6, 6.07) is 5.87. The van der Waals surface area contributed by atoms with Crippen molar-refractivity contribution in [3.8, 4) is 6.07 Å². The van der Waals surface area contributed by atoms with Gasteiger partial charge >= 0.3 is 0 Å². The van der Waals surface area contributed by atoms with Gasteiger partial charge in [-0.1, -0.05) is 27.5 Å². The number of aryl methyl sites for hydroxylation is 1. The zero-order valence-corrected chi connectivity index (χ0v) is 17.0. The number of aromatic nitrogens is 2. The lowest BCUT2D eigenvalue weighted by atomic mass is 9.96. The van der Waals surface area contributed by atoms with Crippen molar-refractivity contribution in [3.63, 3.8) is 0 Å². The van der Waals surface area contributed by atoms with E-state index in [2.05, 4.69) is 42.6 Å². The third-order valence-corrected chi connectivity index (χ3v) is 5.76. The molecule has 27 heavy (non-hydrogen) atoms. The second kappa shape index (κ2) is 8.85. The van der Waals surface area contributed by atoms with Gasteiger partial charge in [-0.15, -0.1) is 0 Å². The summed E-state index contributed by atoms with van der Waals surface area (Å²) >= 11 is 9.69. The number of aliphatic hydroxyl groups is 1. The Kier molecular flexibility index (Phi) is 6.50. The number of nitrogens with one attached hydrogen (secondary N) is 2. The van der Waals surface area contributed by atoms with Crippen molar-refractivity contribution in [3.05, 3.63) is 39.0 Å². The topological polar surface area (TPSA) is 103 Å². The van der Waals surface area contributed by atoms with Crippen molar-refractivity contribution >= 4 is 45.0 Å². The highest BCUT2D eigenvalue weighted by molar-refractivity contribution is 9.10. The highest BCUT2D eigenvalue weighted by atomic mass is 79.9. The molecule has 3 N–H and O–H groups in total. The summed E-state index contributed by atoms with van der Waals surface area (Å²) in [5.74, 6) is 0.640. The van der Waals surface area contributed by atoms with Crippen molar-refractivity contribution in [2.75, 3.05) is 23.8 Å². The second-order valence-corrected chi connectivity index (χ2v) is 7.49. The number of benzene rings is 1. The van der Waals surface area contributed by atoms with E-state index in [0.29, 0.717) is 36.4 Å². The standard InChI is InChI=1S/C18H19BrClN5O2/c1-10-4-13(5-12(8-26)16(10)19)23-18-22-7-14(20)17(25-18)24-15-9-27-3-2-11(15)6-21/h4-5,7,11,15,26H,2-3,8-9H2,1H3,(H2,22,23,24,25). The van der Waals surface area contributed by atoms with Crippen LogP contribution in [0, 0.1) is 24.2 Å². The number of hydrogen-bond donors (Lipinski definition) is 3. The molecule has 0 saturated carbocycles. The number of ether oxygens (including phenoxy) is 1. The minimum Gasteiger partial charge on any atom is -0.392 e. The molecule has 7 nitrogen and oxygen atoms in total. The van der Waals surface area contributed by atoms with E-state index in [1.807, 2.05) is 19.1 Å². The average Bonchev–Trinajstić information content (AvgIpc) is 2.67. The van der Waals surface area contributed by atoms with Gasteiger partial charge in [-0.2, -0.15) is 10.2 Å². The molecule has 1 aliphatic rings. The molecule has 2 unspecified atom stereocenters. The lowest BCUT2D eigenvalue weighted by molar-refractivity contribution is 0.0698. The first kappa shape index (κ1) is 19.8. The van der Waals surface area contributed by atoms with Crippen molar-refractivity contribution in [2.24, 2.45) is 5.92 Å². The number of nitrogens with zero attached hydrogens (tertiary/aromatic N) is 3. The van der Waals surface area contributed by atoms with E-state index in [4.69, 9.17) is 16.3 Å². The third kappa shape index (κ3) is 4.68. The minimum atomic E-state index is -0.181. The predicted octanol–water partition coefficient (Wildman–Crippen LogP) is 3.78. The van der Waals surface area contributed by atoms with Crippen LogP contribution >= 0.6 is 27.5 Å². The maximum atomic E-state index is 9.49. The largest absolute Gasteiger partial charge is 0.392 e. The highest BCUT2D eigenvalue weighted by Gasteiger charge is 2.26. The van der Waals surface area contributed by atoms with Gasteiger partial charge in [0.05, 0.1) is 37.4 Å². The van der Waals surface area contributed by atoms with Crippen LogP contribution in [0.25, 0.3) is 0 Å². The fraction of sp³-hybridized carbons (Fsp3) is 0.389. The first-order valence-corrected chi connectivity index (χ1v) is 9.62. The Bertz CT molecular complexity index is 874. The molecule has 2 aromatic rings. The molecule has 0 spiro atoms. The number of nitriles is 1. The Labute approximate surface area is 170 Å². The van der Waals surface area contributed by atoms with Crippen LogP contribution < -0.4 is 10.6 Å². The van der Waals surface area contributed by atoms with Gasteiger partial charge in [-0.25, -0.2) is 4.98 Å². The third-order valence-electron chi connectivity index (χ3n) is 4.34. The summed E-state index contributed by atoms with van der Waals surface area (Å²) < 4.78 is 6.33. The summed E-state index contributed by atoms with van der Waals surface area (Å²) in [5, 5.41) is 25.5. The smallest absolute Gasteiger partial charge is 0.229 e. The lowest BCUT2D eigenvalue weighted by Crippen LogP contribution is -2.38.